The summed E-state index contributed by atoms with van der Waals surface area (Å²) in [5, 5.41) is 4.28. The van der Waals surface area contributed by atoms with Gasteiger partial charge in [0.05, 0.1) is 6.61 Å². The SMILES string of the molecule is NC(=O)CCCn1cc(CN(C(=O)C2CNCCO2)C2CC2)c2cccnc21. The van der Waals surface area contributed by atoms with Gasteiger partial charge in [0.1, 0.15) is 11.8 Å². The number of nitrogens with one attached hydrogen (secondary N) is 1. The molecule has 1 unspecified atom stereocenters. The number of hydrogen-bond acceptors (Lipinski definition) is 5. The van der Waals surface area contributed by atoms with Crippen molar-refractivity contribution in [2.45, 2.75) is 50.9 Å². The van der Waals surface area contributed by atoms with E-state index in [4.69, 9.17) is 10.5 Å². The maximum absolute atomic E-state index is 13.1. The molecule has 2 aromatic rings. The Balaban J connectivity index is 1.55. The molecule has 3 N–H and O–H groups in total. The number of fused-ring (bicyclic) bond motifs is 1. The van der Waals surface area contributed by atoms with Crippen molar-refractivity contribution in [1.29, 1.82) is 0 Å². The molecule has 2 amide bonds. The first kappa shape index (κ1) is 18.9. The fraction of sp³-hybridized carbons (Fsp3) is 0.550. The molecule has 0 radical (unpaired) electrons. The molecule has 0 spiro atoms. The second kappa shape index (κ2) is 8.28. The minimum absolute atomic E-state index is 0.0632. The molecule has 1 aliphatic carbocycles. The summed E-state index contributed by atoms with van der Waals surface area (Å²) in [6.07, 6.45) is 6.52. The Morgan fingerprint density at radius 1 is 1.39 bits per heavy atom. The zero-order chi connectivity index (χ0) is 19.5. The number of rotatable bonds is 8. The van der Waals surface area contributed by atoms with E-state index in [1.165, 1.54) is 0 Å². The predicted molar refractivity (Wildman–Crippen MR) is 104 cm³/mol. The largest absolute Gasteiger partial charge is 0.370 e. The van der Waals surface area contributed by atoms with Crippen LogP contribution in [0.3, 0.4) is 0 Å². The number of carbonyl (C=O) groups excluding carboxylic acids is 2. The van der Waals surface area contributed by atoms with E-state index >= 15 is 0 Å². The molecule has 2 aromatic heterocycles. The molecule has 1 saturated heterocycles. The van der Waals surface area contributed by atoms with Gasteiger partial charge in [0.25, 0.3) is 5.91 Å². The Labute approximate surface area is 164 Å². The number of aromatic nitrogens is 2. The van der Waals surface area contributed by atoms with E-state index in [1.807, 2.05) is 17.0 Å². The summed E-state index contributed by atoms with van der Waals surface area (Å²) in [4.78, 5) is 30.6. The molecule has 150 valence electrons. The van der Waals surface area contributed by atoms with Crippen molar-refractivity contribution < 1.29 is 14.3 Å². The van der Waals surface area contributed by atoms with Gasteiger partial charge in [-0.25, -0.2) is 4.98 Å². The number of amides is 2. The highest BCUT2D eigenvalue weighted by Gasteiger charge is 2.37. The lowest BCUT2D eigenvalue weighted by atomic mass is 10.2. The summed E-state index contributed by atoms with van der Waals surface area (Å²) >= 11 is 0. The molecule has 1 aliphatic heterocycles. The highest BCUT2D eigenvalue weighted by atomic mass is 16.5. The number of morpholine rings is 1. The zero-order valence-electron chi connectivity index (χ0n) is 16.0. The number of nitrogens with two attached hydrogens (primary N) is 1. The molecule has 0 aromatic carbocycles. The number of carbonyl (C=O) groups is 2. The number of hydrogen-bond donors (Lipinski definition) is 2. The quantitative estimate of drug-likeness (QED) is 0.699. The van der Waals surface area contributed by atoms with E-state index in [9.17, 15) is 9.59 Å². The van der Waals surface area contributed by atoms with E-state index in [0.29, 0.717) is 45.1 Å². The average molecular weight is 385 g/mol. The second-order valence-corrected chi connectivity index (χ2v) is 7.55. The molecule has 0 bridgehead atoms. The topological polar surface area (TPSA) is 102 Å². The summed E-state index contributed by atoms with van der Waals surface area (Å²) in [6.45, 7) is 3.14. The predicted octanol–water partition coefficient (Wildman–Crippen LogP) is 0.781. The molecular weight excluding hydrogens is 358 g/mol. The molecule has 3 heterocycles. The van der Waals surface area contributed by atoms with Gasteiger partial charge >= 0.3 is 0 Å². The Morgan fingerprint density at radius 3 is 2.96 bits per heavy atom. The lowest BCUT2D eigenvalue weighted by Crippen LogP contribution is -2.49. The van der Waals surface area contributed by atoms with Crippen LogP contribution in [0.4, 0.5) is 0 Å². The van der Waals surface area contributed by atoms with E-state index in [2.05, 4.69) is 21.1 Å². The summed E-state index contributed by atoms with van der Waals surface area (Å²) in [5.74, 6) is -0.232. The van der Waals surface area contributed by atoms with E-state index in [0.717, 1.165) is 36.0 Å². The molecule has 8 heteroatoms. The van der Waals surface area contributed by atoms with Crippen LogP contribution in [-0.2, 0) is 27.4 Å². The molecule has 2 aliphatic rings. The third-order valence-electron chi connectivity index (χ3n) is 5.35. The lowest BCUT2D eigenvalue weighted by molar-refractivity contribution is -0.146. The van der Waals surface area contributed by atoms with Gasteiger partial charge in [-0.3, -0.25) is 9.59 Å². The molecule has 28 heavy (non-hydrogen) atoms. The van der Waals surface area contributed by atoms with Gasteiger partial charge in [-0.2, -0.15) is 0 Å². The molecule has 1 atom stereocenters. The molecular formula is C20H27N5O3. The van der Waals surface area contributed by atoms with Crippen molar-refractivity contribution in [3.8, 4) is 0 Å². The fourth-order valence-corrected chi connectivity index (χ4v) is 3.78. The fourth-order valence-electron chi connectivity index (χ4n) is 3.78. The number of ether oxygens (including phenoxy) is 1. The van der Waals surface area contributed by atoms with Crippen molar-refractivity contribution in [1.82, 2.24) is 19.8 Å². The van der Waals surface area contributed by atoms with E-state index in [-0.39, 0.29) is 11.8 Å². The Morgan fingerprint density at radius 2 is 2.25 bits per heavy atom. The third-order valence-corrected chi connectivity index (χ3v) is 5.35. The Hall–Kier alpha value is -2.45. The molecule has 8 nitrogen and oxygen atoms in total. The van der Waals surface area contributed by atoms with Crippen molar-refractivity contribution in [2.24, 2.45) is 5.73 Å². The van der Waals surface area contributed by atoms with Crippen molar-refractivity contribution >= 4 is 22.8 Å². The van der Waals surface area contributed by atoms with Crippen molar-refractivity contribution in [3.63, 3.8) is 0 Å². The Kier molecular flexibility index (Phi) is 5.59. The van der Waals surface area contributed by atoms with E-state index < -0.39 is 6.10 Å². The molecule has 2 fully saturated rings. The molecule has 4 rings (SSSR count). The number of nitrogens with zero attached hydrogens (tertiary/aromatic N) is 3. The minimum atomic E-state index is -0.406. The summed E-state index contributed by atoms with van der Waals surface area (Å²) in [7, 11) is 0. The second-order valence-electron chi connectivity index (χ2n) is 7.55. The lowest BCUT2D eigenvalue weighted by Gasteiger charge is -2.30. The van der Waals surface area contributed by atoms with E-state index in [1.54, 1.807) is 6.20 Å². The van der Waals surface area contributed by atoms with Gasteiger partial charge in [0.2, 0.25) is 5.91 Å². The third kappa shape index (κ3) is 4.18. The molecule has 1 saturated carbocycles. The summed E-state index contributed by atoms with van der Waals surface area (Å²) < 4.78 is 7.75. The Bertz CT molecular complexity index is 855. The number of aryl methyl sites for hydroxylation is 1. The van der Waals surface area contributed by atoms with Crippen LogP contribution >= 0.6 is 0 Å². The first-order valence-corrected chi connectivity index (χ1v) is 9.97. The standard InChI is InChI=1S/C20H27N5O3/c21-18(26)4-2-9-24-12-14(16-3-1-7-23-19(16)24)13-25(15-5-6-15)20(27)17-11-22-8-10-28-17/h1,3,7,12,15,17,22H,2,4-6,8-11,13H2,(H2,21,26). The monoisotopic (exact) mass is 385 g/mol. The minimum Gasteiger partial charge on any atom is -0.370 e. The smallest absolute Gasteiger partial charge is 0.253 e. The number of primary amides is 1. The summed E-state index contributed by atoms with van der Waals surface area (Å²) in [6, 6.07) is 4.25. The maximum Gasteiger partial charge on any atom is 0.253 e. The maximum atomic E-state index is 13.1. The van der Waals surface area contributed by atoms with Crippen LogP contribution in [0.5, 0.6) is 0 Å². The average Bonchev–Trinajstić information content (AvgIpc) is 3.49. The normalized spacial score (nSPS) is 19.6. The highest BCUT2D eigenvalue weighted by molar-refractivity contribution is 5.84. The zero-order valence-corrected chi connectivity index (χ0v) is 16.0. The highest BCUT2D eigenvalue weighted by Crippen LogP contribution is 2.31. The van der Waals surface area contributed by atoms with Gasteiger partial charge < -0.3 is 25.3 Å². The van der Waals surface area contributed by atoms with Gasteiger partial charge in [0.15, 0.2) is 0 Å². The van der Waals surface area contributed by atoms with Crippen molar-refractivity contribution in [2.75, 3.05) is 19.7 Å². The first-order valence-electron chi connectivity index (χ1n) is 9.97. The van der Waals surface area contributed by atoms with Crippen LogP contribution in [0.15, 0.2) is 24.5 Å². The van der Waals surface area contributed by atoms with Crippen LogP contribution in [0.25, 0.3) is 11.0 Å². The van der Waals surface area contributed by atoms with Crippen LogP contribution in [0.2, 0.25) is 0 Å². The van der Waals surface area contributed by atoms with Gasteiger partial charge in [-0.1, -0.05) is 0 Å². The van der Waals surface area contributed by atoms with Gasteiger partial charge in [-0.05, 0) is 37.0 Å². The van der Waals surface area contributed by atoms with Crippen LogP contribution in [0, 0.1) is 0 Å². The van der Waals surface area contributed by atoms with Crippen LogP contribution < -0.4 is 11.1 Å². The van der Waals surface area contributed by atoms with Gasteiger partial charge in [0, 0.05) is 56.4 Å². The summed E-state index contributed by atoms with van der Waals surface area (Å²) in [5.41, 5.74) is 7.21. The number of pyridine rings is 1. The van der Waals surface area contributed by atoms with Crippen LogP contribution in [-0.4, -0.2) is 58.1 Å². The van der Waals surface area contributed by atoms with Crippen molar-refractivity contribution in [3.05, 3.63) is 30.1 Å². The first-order chi connectivity index (χ1) is 13.6. The van der Waals surface area contributed by atoms with Gasteiger partial charge in [-0.15, -0.1) is 0 Å². The van der Waals surface area contributed by atoms with Crippen LogP contribution in [0.1, 0.15) is 31.2 Å².